The van der Waals surface area contributed by atoms with Crippen LogP contribution in [0.25, 0.3) is 6.08 Å². The summed E-state index contributed by atoms with van der Waals surface area (Å²) in [7, 11) is 1.59. The molecule has 9 heteroatoms. The number of ether oxygens (including phenoxy) is 4. The number of hydrogen-bond acceptors (Lipinski definition) is 8. The van der Waals surface area contributed by atoms with Gasteiger partial charge in [0.25, 0.3) is 5.56 Å². The van der Waals surface area contributed by atoms with Crippen LogP contribution in [-0.2, 0) is 9.53 Å². The van der Waals surface area contributed by atoms with Gasteiger partial charge in [0.2, 0.25) is 0 Å². The zero-order valence-corrected chi connectivity index (χ0v) is 23.8. The summed E-state index contributed by atoms with van der Waals surface area (Å²) in [4.78, 5) is 32.2. The third kappa shape index (κ3) is 5.93. The first-order valence-electron chi connectivity index (χ1n) is 13.2. The Hall–Kier alpha value is -3.85. The van der Waals surface area contributed by atoms with Crippen LogP contribution in [0, 0.1) is 0 Å². The lowest BCUT2D eigenvalue weighted by Gasteiger charge is -2.26. The van der Waals surface area contributed by atoms with E-state index >= 15 is 0 Å². The molecule has 206 valence electrons. The molecule has 0 radical (unpaired) electrons. The lowest BCUT2D eigenvalue weighted by atomic mass is 9.95. The van der Waals surface area contributed by atoms with Crippen molar-refractivity contribution >= 4 is 23.4 Å². The molecule has 1 atom stereocenters. The Morgan fingerprint density at radius 3 is 2.56 bits per heavy atom. The second-order valence-corrected chi connectivity index (χ2v) is 9.89. The summed E-state index contributed by atoms with van der Waals surface area (Å²) < 4.78 is 24.7. The highest BCUT2D eigenvalue weighted by Crippen LogP contribution is 2.36. The van der Waals surface area contributed by atoms with E-state index in [1.54, 1.807) is 31.6 Å². The van der Waals surface area contributed by atoms with Gasteiger partial charge >= 0.3 is 5.97 Å². The zero-order chi connectivity index (χ0) is 27.9. The Morgan fingerprint density at radius 1 is 1.05 bits per heavy atom. The van der Waals surface area contributed by atoms with Crippen LogP contribution in [0.3, 0.4) is 0 Å². The molecule has 0 saturated heterocycles. The minimum Gasteiger partial charge on any atom is -0.494 e. The average molecular weight is 551 g/mol. The number of hydrogen-bond donors (Lipinski definition) is 0. The number of para-hydroxylation sites is 1. The second-order valence-electron chi connectivity index (χ2n) is 8.89. The van der Waals surface area contributed by atoms with Gasteiger partial charge in [0.1, 0.15) is 11.8 Å². The largest absolute Gasteiger partial charge is 0.494 e. The number of methoxy groups -OCH3 is 1. The van der Waals surface area contributed by atoms with Crippen LogP contribution in [0.15, 0.2) is 63.5 Å². The molecule has 0 bridgehead atoms. The van der Waals surface area contributed by atoms with E-state index in [2.05, 4.69) is 11.9 Å². The maximum atomic E-state index is 13.9. The fourth-order valence-corrected chi connectivity index (χ4v) is 5.50. The van der Waals surface area contributed by atoms with E-state index in [9.17, 15) is 9.59 Å². The van der Waals surface area contributed by atoms with Gasteiger partial charge in [-0.1, -0.05) is 48.9 Å². The molecule has 3 aromatic rings. The first kappa shape index (κ1) is 28.2. The summed E-state index contributed by atoms with van der Waals surface area (Å²) in [5, 5.41) is 0. The topological polar surface area (TPSA) is 88.4 Å². The molecule has 0 spiro atoms. The summed E-state index contributed by atoms with van der Waals surface area (Å²) in [5.74, 6) is 1.34. The van der Waals surface area contributed by atoms with Gasteiger partial charge in [-0.3, -0.25) is 9.36 Å². The van der Waals surface area contributed by atoms with E-state index in [1.807, 2.05) is 49.4 Å². The summed E-state index contributed by atoms with van der Waals surface area (Å²) in [6.07, 6.45) is 3.79. The number of nitrogens with zero attached hydrogens (tertiary/aromatic N) is 2. The number of benzene rings is 2. The maximum absolute atomic E-state index is 13.9. The van der Waals surface area contributed by atoms with Gasteiger partial charge in [0.15, 0.2) is 16.3 Å². The third-order valence-corrected chi connectivity index (χ3v) is 7.25. The van der Waals surface area contributed by atoms with Gasteiger partial charge in [-0.25, -0.2) is 9.79 Å². The van der Waals surface area contributed by atoms with Crippen molar-refractivity contribution in [1.29, 1.82) is 0 Å². The number of thiazole rings is 1. The fourth-order valence-electron chi connectivity index (χ4n) is 4.45. The summed E-state index contributed by atoms with van der Waals surface area (Å²) >= 11 is 1.27. The van der Waals surface area contributed by atoms with Gasteiger partial charge in [0.05, 0.1) is 42.7 Å². The van der Waals surface area contributed by atoms with Crippen molar-refractivity contribution in [3.8, 4) is 17.2 Å². The number of aromatic nitrogens is 1. The number of unbranched alkanes of at least 4 members (excludes halogenated alkanes) is 1. The number of allylic oxidation sites excluding steroid dienone is 1. The first-order valence-corrected chi connectivity index (χ1v) is 14.0. The van der Waals surface area contributed by atoms with Crippen molar-refractivity contribution in [3.05, 3.63) is 84.5 Å². The summed E-state index contributed by atoms with van der Waals surface area (Å²) in [5.41, 5.74) is 2.05. The number of esters is 1. The van der Waals surface area contributed by atoms with Crippen molar-refractivity contribution < 1.29 is 23.7 Å². The van der Waals surface area contributed by atoms with Crippen LogP contribution in [0.1, 0.15) is 57.7 Å². The molecule has 0 N–H and O–H groups in total. The summed E-state index contributed by atoms with van der Waals surface area (Å²) in [6, 6.07) is 12.3. The normalized spacial score (nSPS) is 15.0. The Labute approximate surface area is 231 Å². The fraction of sp³-hybridized carbons (Fsp3) is 0.367. The Bertz CT molecular complexity index is 1550. The van der Waals surface area contributed by atoms with Gasteiger partial charge in [-0.15, -0.1) is 0 Å². The van der Waals surface area contributed by atoms with Crippen LogP contribution in [0.2, 0.25) is 0 Å². The number of fused-ring (bicyclic) bond motifs is 1. The molecule has 39 heavy (non-hydrogen) atoms. The van der Waals surface area contributed by atoms with Crippen LogP contribution < -0.4 is 29.1 Å². The Balaban J connectivity index is 1.86. The van der Waals surface area contributed by atoms with Crippen molar-refractivity contribution in [1.82, 2.24) is 4.57 Å². The van der Waals surface area contributed by atoms with E-state index in [0.717, 1.165) is 18.4 Å². The van der Waals surface area contributed by atoms with Crippen molar-refractivity contribution in [2.45, 2.75) is 46.6 Å². The average Bonchev–Trinajstić information content (AvgIpc) is 3.23. The number of carbonyl (C=O) groups is 1. The molecule has 2 heterocycles. The number of carbonyl (C=O) groups excluding carboxylic acids is 1. The second kappa shape index (κ2) is 12.8. The van der Waals surface area contributed by atoms with E-state index in [-0.39, 0.29) is 12.2 Å². The van der Waals surface area contributed by atoms with Gasteiger partial charge in [-0.05, 0) is 57.0 Å². The molecule has 2 aromatic carbocycles. The number of rotatable bonds is 11. The molecule has 0 saturated carbocycles. The highest BCUT2D eigenvalue weighted by atomic mass is 32.1. The predicted octanol–water partition coefficient (Wildman–Crippen LogP) is 4.38. The smallest absolute Gasteiger partial charge is 0.338 e. The SMILES string of the molecule is CCCCOc1ccc(/C=c2\sc3n(c2=O)[C@@H](c2ccccc2OCC)C(C(=O)OCC)=C(C)N=3)cc1OC. The molecule has 1 aliphatic heterocycles. The molecule has 0 fully saturated rings. The van der Waals surface area contributed by atoms with E-state index in [1.165, 1.54) is 11.3 Å². The standard InChI is InChI=1S/C30H34N2O6S/c1-6-9-16-38-23-15-14-20(17-24(23)35-5)18-25-28(33)32-27(21-12-10-11-13-22(21)36-7-2)26(29(34)37-8-3)19(4)31-30(32)39-25/h10-15,17-18,27H,6-9,16H2,1-5H3/b25-18-/t27-/m0/s1. The third-order valence-electron chi connectivity index (χ3n) is 6.27. The van der Waals surface area contributed by atoms with Gasteiger partial charge in [-0.2, -0.15) is 0 Å². The molecule has 1 aromatic heterocycles. The van der Waals surface area contributed by atoms with Crippen LogP contribution in [0.4, 0.5) is 0 Å². The minimum atomic E-state index is -0.742. The van der Waals surface area contributed by atoms with E-state index < -0.39 is 12.0 Å². The summed E-state index contributed by atoms with van der Waals surface area (Å²) in [6.45, 7) is 8.77. The molecule has 0 aliphatic carbocycles. The first-order chi connectivity index (χ1) is 18.9. The van der Waals surface area contributed by atoms with Gasteiger partial charge in [0, 0.05) is 5.56 Å². The molecular formula is C30H34N2O6S. The van der Waals surface area contributed by atoms with E-state index in [4.69, 9.17) is 18.9 Å². The lowest BCUT2D eigenvalue weighted by molar-refractivity contribution is -0.139. The zero-order valence-electron chi connectivity index (χ0n) is 23.0. The van der Waals surface area contributed by atoms with Crippen molar-refractivity contribution in [3.63, 3.8) is 0 Å². The minimum absolute atomic E-state index is 0.208. The van der Waals surface area contributed by atoms with Crippen molar-refractivity contribution in [2.75, 3.05) is 26.9 Å². The van der Waals surface area contributed by atoms with Crippen molar-refractivity contribution in [2.24, 2.45) is 4.99 Å². The Kier molecular flexibility index (Phi) is 9.24. The molecular weight excluding hydrogens is 516 g/mol. The highest BCUT2D eigenvalue weighted by Gasteiger charge is 2.35. The van der Waals surface area contributed by atoms with E-state index in [0.29, 0.717) is 56.6 Å². The van der Waals surface area contributed by atoms with Crippen LogP contribution in [-0.4, -0.2) is 37.5 Å². The molecule has 4 rings (SSSR count). The monoisotopic (exact) mass is 550 g/mol. The lowest BCUT2D eigenvalue weighted by Crippen LogP contribution is -2.40. The molecule has 1 aliphatic rings. The van der Waals surface area contributed by atoms with Crippen LogP contribution >= 0.6 is 11.3 Å². The maximum Gasteiger partial charge on any atom is 0.338 e. The van der Waals surface area contributed by atoms with Crippen LogP contribution in [0.5, 0.6) is 17.2 Å². The molecule has 0 unspecified atom stereocenters. The molecule has 0 amide bonds. The predicted molar refractivity (Wildman–Crippen MR) is 151 cm³/mol. The Morgan fingerprint density at radius 2 is 1.85 bits per heavy atom. The molecule has 8 nitrogen and oxygen atoms in total. The quantitative estimate of drug-likeness (QED) is 0.260. The van der Waals surface area contributed by atoms with Gasteiger partial charge < -0.3 is 18.9 Å². The highest BCUT2D eigenvalue weighted by molar-refractivity contribution is 7.07.